The second-order valence-corrected chi connectivity index (χ2v) is 8.80. The normalized spacial score (nSPS) is 15.3. The molecule has 3 aromatic rings. The second kappa shape index (κ2) is 8.97. The van der Waals surface area contributed by atoms with Crippen molar-refractivity contribution in [2.24, 2.45) is 4.99 Å². The molecule has 0 unspecified atom stereocenters. The number of fused-ring (bicyclic) bond motifs is 1. The summed E-state index contributed by atoms with van der Waals surface area (Å²) in [7, 11) is -0.748. The van der Waals surface area contributed by atoms with Crippen molar-refractivity contribution in [3.05, 3.63) is 71.2 Å². The molecule has 0 amide bonds. The zero-order valence-electron chi connectivity index (χ0n) is 17.3. The Morgan fingerprint density at radius 3 is 2.41 bits per heavy atom. The van der Waals surface area contributed by atoms with Crippen LogP contribution in [0.3, 0.4) is 0 Å². The number of aliphatic imine (C=N–C) groups is 1. The molecule has 0 radical (unpaired) electrons. The number of hydrogen-bond acceptors (Lipinski definition) is 6. The molecule has 10 heteroatoms. The highest BCUT2D eigenvalue weighted by Gasteiger charge is 2.29. The zero-order chi connectivity index (χ0) is 22.7. The van der Waals surface area contributed by atoms with Crippen LogP contribution in [0, 0.1) is 0 Å². The molecular formula is C22H20ClN3O5S. The standard InChI is InChI=1S/C22H20ClN3O5S/c1-29-17-11-10-14(12-19(17)30-2)13-24-22-25-21-18(31-16-7-4-3-6-15(16)23)8-5-9-20(21)32(27,28)26-22/h3-12H,13H2,1-2H3,(H2,24,25,26). The number of guanidine groups is 1. The average molecular weight is 474 g/mol. The van der Waals surface area contributed by atoms with Crippen molar-refractivity contribution in [1.29, 1.82) is 0 Å². The maximum atomic E-state index is 12.8. The Morgan fingerprint density at radius 2 is 1.66 bits per heavy atom. The molecule has 1 heterocycles. The van der Waals surface area contributed by atoms with E-state index in [2.05, 4.69) is 15.0 Å². The number of ether oxygens (including phenoxy) is 3. The second-order valence-electron chi connectivity index (χ2n) is 6.75. The minimum Gasteiger partial charge on any atom is -0.493 e. The Kier molecular flexibility index (Phi) is 6.11. The van der Waals surface area contributed by atoms with Crippen molar-refractivity contribution in [1.82, 2.24) is 4.72 Å². The number of benzene rings is 3. The van der Waals surface area contributed by atoms with Crippen LogP contribution < -0.4 is 24.2 Å². The molecule has 0 aliphatic carbocycles. The number of sulfonamides is 1. The van der Waals surface area contributed by atoms with Crippen molar-refractivity contribution >= 4 is 33.3 Å². The molecule has 0 atom stereocenters. The van der Waals surface area contributed by atoms with Crippen LogP contribution in [0.25, 0.3) is 0 Å². The lowest BCUT2D eigenvalue weighted by atomic mass is 10.2. The first-order valence-electron chi connectivity index (χ1n) is 9.52. The minimum atomic E-state index is -3.84. The van der Waals surface area contributed by atoms with Gasteiger partial charge in [0.2, 0.25) is 5.96 Å². The maximum absolute atomic E-state index is 12.8. The van der Waals surface area contributed by atoms with E-state index in [-0.39, 0.29) is 23.1 Å². The van der Waals surface area contributed by atoms with E-state index < -0.39 is 10.0 Å². The van der Waals surface area contributed by atoms with Crippen LogP contribution in [0.4, 0.5) is 5.69 Å². The summed E-state index contributed by atoms with van der Waals surface area (Å²) in [5.41, 5.74) is 1.08. The molecule has 0 saturated heterocycles. The quantitative estimate of drug-likeness (QED) is 0.550. The number of nitrogens with zero attached hydrogens (tertiary/aromatic N) is 1. The topological polar surface area (TPSA) is 98.2 Å². The van der Waals surface area contributed by atoms with Crippen molar-refractivity contribution in [2.45, 2.75) is 11.4 Å². The molecule has 1 aliphatic rings. The lowest BCUT2D eigenvalue weighted by Gasteiger charge is -2.23. The van der Waals surface area contributed by atoms with Gasteiger partial charge >= 0.3 is 0 Å². The van der Waals surface area contributed by atoms with Gasteiger partial charge in [-0.05, 0) is 42.0 Å². The third kappa shape index (κ3) is 4.44. The molecule has 2 N–H and O–H groups in total. The molecule has 1 aliphatic heterocycles. The van der Waals surface area contributed by atoms with E-state index in [0.717, 1.165) is 5.56 Å². The Labute approximate surface area is 190 Å². The number of methoxy groups -OCH3 is 2. The van der Waals surface area contributed by atoms with E-state index in [9.17, 15) is 8.42 Å². The van der Waals surface area contributed by atoms with E-state index in [1.165, 1.54) is 6.07 Å². The Bertz CT molecular complexity index is 1290. The van der Waals surface area contributed by atoms with Crippen LogP contribution in [0.2, 0.25) is 5.02 Å². The SMILES string of the molecule is COc1ccc(CN=C2Nc3c(Oc4ccccc4Cl)cccc3S(=O)(=O)N2)cc1OC. The molecule has 3 aromatic carbocycles. The molecule has 32 heavy (non-hydrogen) atoms. The number of halogens is 1. The fourth-order valence-corrected chi connectivity index (χ4v) is 4.47. The van der Waals surface area contributed by atoms with Gasteiger partial charge < -0.3 is 19.5 Å². The van der Waals surface area contributed by atoms with Gasteiger partial charge in [0.1, 0.15) is 16.3 Å². The molecule has 0 aromatic heterocycles. The fraction of sp³-hybridized carbons (Fsp3) is 0.136. The predicted octanol–water partition coefficient (Wildman–Crippen LogP) is 4.41. The monoisotopic (exact) mass is 473 g/mol. The molecule has 0 fully saturated rings. The van der Waals surface area contributed by atoms with E-state index in [1.807, 2.05) is 6.07 Å². The van der Waals surface area contributed by atoms with E-state index in [4.69, 9.17) is 25.8 Å². The highest BCUT2D eigenvalue weighted by Crippen LogP contribution is 2.38. The van der Waals surface area contributed by atoms with Gasteiger partial charge in [0.25, 0.3) is 10.0 Å². The summed E-state index contributed by atoms with van der Waals surface area (Å²) in [5.74, 6) is 1.94. The fourth-order valence-electron chi connectivity index (χ4n) is 3.14. The van der Waals surface area contributed by atoms with Gasteiger partial charge in [-0.15, -0.1) is 0 Å². The minimum absolute atomic E-state index is 0.0483. The lowest BCUT2D eigenvalue weighted by Crippen LogP contribution is -2.40. The van der Waals surface area contributed by atoms with Gasteiger partial charge in [-0.3, -0.25) is 0 Å². The average Bonchev–Trinajstić information content (AvgIpc) is 2.79. The first kappa shape index (κ1) is 21.8. The Morgan fingerprint density at radius 1 is 0.906 bits per heavy atom. The summed E-state index contributed by atoms with van der Waals surface area (Å²) in [5, 5.41) is 3.42. The van der Waals surface area contributed by atoms with Crippen LogP contribution in [0.15, 0.2) is 70.6 Å². The summed E-state index contributed by atoms with van der Waals surface area (Å²) in [6.45, 7) is 0.202. The van der Waals surface area contributed by atoms with E-state index >= 15 is 0 Å². The van der Waals surface area contributed by atoms with E-state index in [1.54, 1.807) is 62.8 Å². The smallest absolute Gasteiger partial charge is 0.266 e. The van der Waals surface area contributed by atoms with Crippen LogP contribution in [0.1, 0.15) is 5.56 Å². The van der Waals surface area contributed by atoms with Gasteiger partial charge in [0.05, 0.1) is 25.8 Å². The molecule has 166 valence electrons. The first-order chi connectivity index (χ1) is 15.4. The van der Waals surface area contributed by atoms with Gasteiger partial charge in [0.15, 0.2) is 17.2 Å². The molecule has 8 nitrogen and oxygen atoms in total. The van der Waals surface area contributed by atoms with Crippen LogP contribution in [-0.4, -0.2) is 28.6 Å². The molecule has 0 spiro atoms. The zero-order valence-corrected chi connectivity index (χ0v) is 18.8. The largest absolute Gasteiger partial charge is 0.493 e. The number of anilines is 1. The highest BCUT2D eigenvalue weighted by atomic mass is 35.5. The molecule has 0 bridgehead atoms. The highest BCUT2D eigenvalue weighted by molar-refractivity contribution is 7.90. The molecular weight excluding hydrogens is 454 g/mol. The third-order valence-corrected chi connectivity index (χ3v) is 6.37. The van der Waals surface area contributed by atoms with Crippen molar-refractivity contribution in [2.75, 3.05) is 19.5 Å². The van der Waals surface area contributed by atoms with Crippen molar-refractivity contribution in [3.8, 4) is 23.0 Å². The van der Waals surface area contributed by atoms with Gasteiger partial charge in [-0.1, -0.05) is 35.9 Å². The maximum Gasteiger partial charge on any atom is 0.266 e. The first-order valence-corrected chi connectivity index (χ1v) is 11.4. The number of rotatable bonds is 6. The third-order valence-electron chi connectivity index (χ3n) is 4.68. The molecule has 0 saturated carbocycles. The van der Waals surface area contributed by atoms with Crippen molar-refractivity contribution in [3.63, 3.8) is 0 Å². The Hall–Kier alpha value is -3.43. The predicted molar refractivity (Wildman–Crippen MR) is 123 cm³/mol. The number of nitrogens with one attached hydrogen (secondary N) is 2. The number of hydrogen-bond donors (Lipinski definition) is 2. The van der Waals surface area contributed by atoms with Crippen molar-refractivity contribution < 1.29 is 22.6 Å². The van der Waals surface area contributed by atoms with Gasteiger partial charge in [-0.25, -0.2) is 18.1 Å². The van der Waals surface area contributed by atoms with Crippen LogP contribution in [0.5, 0.6) is 23.0 Å². The summed E-state index contributed by atoms with van der Waals surface area (Å²) in [4.78, 5) is 4.43. The Balaban J connectivity index is 1.64. The van der Waals surface area contributed by atoms with Gasteiger partial charge in [-0.2, -0.15) is 0 Å². The van der Waals surface area contributed by atoms with E-state index in [0.29, 0.717) is 28.0 Å². The van der Waals surface area contributed by atoms with Crippen LogP contribution >= 0.6 is 11.6 Å². The summed E-state index contributed by atoms with van der Waals surface area (Å²) >= 11 is 6.19. The lowest BCUT2D eigenvalue weighted by molar-refractivity contribution is 0.354. The molecule has 4 rings (SSSR count). The van der Waals surface area contributed by atoms with Crippen LogP contribution in [-0.2, 0) is 16.6 Å². The summed E-state index contributed by atoms with van der Waals surface area (Å²) in [6.07, 6.45) is 0. The summed E-state index contributed by atoms with van der Waals surface area (Å²) in [6, 6.07) is 17.0. The number of para-hydroxylation sites is 2. The summed E-state index contributed by atoms with van der Waals surface area (Å²) < 4.78 is 44.5. The van der Waals surface area contributed by atoms with Gasteiger partial charge in [0, 0.05) is 0 Å².